The average molecular weight is 686 g/mol. The minimum atomic E-state index is -4.64. The fourth-order valence-corrected chi connectivity index (χ4v) is 6.22. The number of likely N-dealkylation sites (tertiary alicyclic amines) is 1. The van der Waals surface area contributed by atoms with Crippen LogP contribution in [-0.4, -0.2) is 91.6 Å². The molecule has 1 amide bonds. The summed E-state index contributed by atoms with van der Waals surface area (Å²) in [6.45, 7) is 2.02. The highest BCUT2D eigenvalue weighted by Gasteiger charge is 2.32. The zero-order chi connectivity index (χ0) is 34.6. The maximum atomic E-state index is 14.5. The van der Waals surface area contributed by atoms with Gasteiger partial charge < -0.3 is 9.64 Å². The molecule has 0 aliphatic carbocycles. The van der Waals surface area contributed by atoms with Crippen molar-refractivity contribution in [2.75, 3.05) is 40.0 Å². The highest BCUT2D eigenvalue weighted by molar-refractivity contribution is 7.90. The van der Waals surface area contributed by atoms with Gasteiger partial charge in [-0.3, -0.25) is 14.8 Å². The van der Waals surface area contributed by atoms with Crippen LogP contribution in [0.15, 0.2) is 77.8 Å². The third kappa shape index (κ3) is 8.66. The first-order valence-corrected chi connectivity index (χ1v) is 17.0. The largest absolute Gasteiger partial charge is 0.473 e. The number of benzene rings is 2. The number of aromatic nitrogens is 3. The van der Waals surface area contributed by atoms with Crippen LogP contribution in [0.25, 0.3) is 22.0 Å². The van der Waals surface area contributed by atoms with Crippen LogP contribution in [0.3, 0.4) is 0 Å². The van der Waals surface area contributed by atoms with E-state index in [-0.39, 0.29) is 50.4 Å². The number of ether oxygens (including phenoxy) is 1. The monoisotopic (exact) mass is 685 g/mol. The summed E-state index contributed by atoms with van der Waals surface area (Å²) in [5.74, 6) is -0.615. The number of aromatic amines is 1. The van der Waals surface area contributed by atoms with Crippen molar-refractivity contribution < 1.29 is 35.5 Å². The Morgan fingerprint density at radius 2 is 1.79 bits per heavy atom. The number of hydrogen-bond donors (Lipinski definition) is 1. The molecule has 4 aromatic rings. The van der Waals surface area contributed by atoms with E-state index in [0.717, 1.165) is 25.6 Å². The molecule has 2 aromatic heterocycles. The predicted octanol–water partition coefficient (Wildman–Crippen LogP) is 5.90. The molecule has 0 bridgehead atoms. The zero-order valence-corrected chi connectivity index (χ0v) is 27.4. The maximum absolute atomic E-state index is 14.5. The molecule has 3 heterocycles. The van der Waals surface area contributed by atoms with E-state index in [1.165, 1.54) is 53.6 Å². The highest BCUT2D eigenvalue weighted by atomic mass is 32.2. The minimum absolute atomic E-state index is 0.0384. The van der Waals surface area contributed by atoms with Crippen LogP contribution in [0.2, 0.25) is 0 Å². The molecule has 14 heteroatoms. The van der Waals surface area contributed by atoms with Gasteiger partial charge in [0.25, 0.3) is 0 Å². The number of hydrogen-bond acceptors (Lipinski definition) is 7. The third-order valence-corrected chi connectivity index (χ3v) is 9.08. The second kappa shape index (κ2) is 14.3. The van der Waals surface area contributed by atoms with Gasteiger partial charge in [-0.2, -0.15) is 17.6 Å². The van der Waals surface area contributed by atoms with Gasteiger partial charge in [-0.15, -0.1) is 5.10 Å². The number of fused-ring (bicyclic) bond motifs is 1. The molecule has 1 N–H and O–H groups in total. The number of halogens is 4. The lowest BCUT2D eigenvalue weighted by atomic mass is 9.88. The van der Waals surface area contributed by atoms with E-state index in [2.05, 4.69) is 20.1 Å². The number of rotatable bonds is 10. The molecule has 254 valence electrons. The standard InChI is InChI=1S/C34H35F4N5O4S/c1-42(2)31(44)7-5-17-43-16-4-6-25(21-43)47-30-15-11-24(20-39-30)32(23-10-14-29-27(18-23)33(35)41-40-29)28(19-34(36,37)38)22-8-12-26(13-9-22)48(3,45)46/h5,7-15,18,20,25H,4,6,16-17,19,21H2,1-3H3,(H,40,41)/b7-5?,32-28-. The van der Waals surface area contributed by atoms with Crippen LogP contribution in [0, 0.1) is 5.95 Å². The number of carbonyl (C=O) groups excluding carboxylic acids is 1. The summed E-state index contributed by atoms with van der Waals surface area (Å²) in [6.07, 6.45) is 1.24. The second-order valence-electron chi connectivity index (χ2n) is 11.9. The highest BCUT2D eigenvalue weighted by Crippen LogP contribution is 2.40. The lowest BCUT2D eigenvalue weighted by molar-refractivity contribution is -0.124. The Balaban J connectivity index is 1.50. The van der Waals surface area contributed by atoms with Gasteiger partial charge in [-0.1, -0.05) is 24.3 Å². The van der Waals surface area contributed by atoms with Crippen molar-refractivity contribution in [1.29, 1.82) is 0 Å². The molecule has 1 saturated heterocycles. The number of sulfone groups is 1. The van der Waals surface area contributed by atoms with E-state index >= 15 is 0 Å². The van der Waals surface area contributed by atoms with Gasteiger partial charge in [0.15, 0.2) is 9.84 Å². The van der Waals surface area contributed by atoms with Crippen LogP contribution in [0.5, 0.6) is 5.88 Å². The summed E-state index contributed by atoms with van der Waals surface area (Å²) < 4.78 is 87.3. The summed E-state index contributed by atoms with van der Waals surface area (Å²) in [7, 11) is -0.231. The summed E-state index contributed by atoms with van der Waals surface area (Å²) in [4.78, 5) is 19.9. The quantitative estimate of drug-likeness (QED) is 0.126. The van der Waals surface area contributed by atoms with Crippen molar-refractivity contribution in [1.82, 2.24) is 25.0 Å². The Hall–Kier alpha value is -4.56. The first-order valence-electron chi connectivity index (χ1n) is 15.2. The average Bonchev–Trinajstić information content (AvgIpc) is 3.40. The Labute approximate surface area is 275 Å². The first kappa shape index (κ1) is 34.8. The van der Waals surface area contributed by atoms with Crippen LogP contribution >= 0.6 is 0 Å². The minimum Gasteiger partial charge on any atom is -0.473 e. The van der Waals surface area contributed by atoms with Crippen molar-refractivity contribution in [2.45, 2.75) is 36.4 Å². The molecular formula is C34H35F4N5O4S. The van der Waals surface area contributed by atoms with Gasteiger partial charge in [0, 0.05) is 57.3 Å². The molecule has 0 saturated carbocycles. The smallest absolute Gasteiger partial charge is 0.393 e. The van der Waals surface area contributed by atoms with Crippen LogP contribution in [-0.2, 0) is 14.6 Å². The van der Waals surface area contributed by atoms with Crippen LogP contribution < -0.4 is 4.74 Å². The van der Waals surface area contributed by atoms with Crippen molar-refractivity contribution in [2.24, 2.45) is 0 Å². The predicted molar refractivity (Wildman–Crippen MR) is 174 cm³/mol. The lowest BCUT2D eigenvalue weighted by Crippen LogP contribution is -2.41. The molecule has 5 rings (SSSR count). The molecule has 2 aromatic carbocycles. The summed E-state index contributed by atoms with van der Waals surface area (Å²) in [6, 6.07) is 12.9. The SMILES string of the molecule is CN(C)C(=O)C=CCN1CCCC(Oc2ccc(/C(=C(/CC(F)(F)F)c3ccc(S(C)(=O)=O)cc3)c3ccc4[nH]nc(F)c4c3)cn2)C1. The fourth-order valence-electron chi connectivity index (χ4n) is 5.59. The van der Waals surface area contributed by atoms with Crippen molar-refractivity contribution >= 4 is 37.8 Å². The van der Waals surface area contributed by atoms with E-state index in [4.69, 9.17) is 4.74 Å². The van der Waals surface area contributed by atoms with E-state index in [9.17, 15) is 30.8 Å². The van der Waals surface area contributed by atoms with E-state index in [0.29, 0.717) is 24.2 Å². The Bertz CT molecular complexity index is 1940. The van der Waals surface area contributed by atoms with Gasteiger partial charge >= 0.3 is 6.18 Å². The van der Waals surface area contributed by atoms with Gasteiger partial charge in [0.2, 0.25) is 17.7 Å². The van der Waals surface area contributed by atoms with Gasteiger partial charge in [0.05, 0.1) is 22.2 Å². The molecule has 9 nitrogen and oxygen atoms in total. The molecule has 1 aliphatic heterocycles. The molecule has 48 heavy (non-hydrogen) atoms. The molecular weight excluding hydrogens is 650 g/mol. The Kier molecular flexibility index (Phi) is 10.3. The topological polar surface area (TPSA) is 108 Å². The molecule has 1 unspecified atom stereocenters. The lowest BCUT2D eigenvalue weighted by Gasteiger charge is -2.31. The number of alkyl halides is 3. The number of H-pyrrole nitrogens is 1. The molecule has 1 atom stereocenters. The van der Waals surface area contributed by atoms with Gasteiger partial charge in [-0.05, 0) is 72.0 Å². The number of likely N-dealkylation sites (N-methyl/N-ethyl adjacent to an activating group) is 1. The number of nitrogens with zero attached hydrogens (tertiary/aromatic N) is 4. The Morgan fingerprint density at radius 1 is 1.08 bits per heavy atom. The zero-order valence-electron chi connectivity index (χ0n) is 26.6. The molecule has 1 fully saturated rings. The van der Waals surface area contributed by atoms with E-state index < -0.39 is 28.4 Å². The van der Waals surface area contributed by atoms with E-state index in [1.807, 2.05) is 6.08 Å². The summed E-state index contributed by atoms with van der Waals surface area (Å²) in [5.41, 5.74) is 1.11. The van der Waals surface area contributed by atoms with Crippen LogP contribution in [0.4, 0.5) is 17.6 Å². The number of nitrogens with one attached hydrogen (secondary N) is 1. The van der Waals surface area contributed by atoms with Crippen molar-refractivity contribution in [3.63, 3.8) is 0 Å². The molecule has 0 radical (unpaired) electrons. The normalized spacial score (nSPS) is 16.7. The molecule has 1 aliphatic rings. The first-order chi connectivity index (χ1) is 22.7. The maximum Gasteiger partial charge on any atom is 0.393 e. The number of carbonyl (C=O) groups is 1. The summed E-state index contributed by atoms with van der Waals surface area (Å²) in [5, 5.41) is 6.22. The van der Waals surface area contributed by atoms with Gasteiger partial charge in [-0.25, -0.2) is 13.4 Å². The number of piperidine rings is 1. The summed E-state index contributed by atoms with van der Waals surface area (Å²) >= 11 is 0. The van der Waals surface area contributed by atoms with Crippen LogP contribution in [0.1, 0.15) is 36.0 Å². The van der Waals surface area contributed by atoms with Crippen molar-refractivity contribution in [3.8, 4) is 5.88 Å². The fraction of sp³-hybridized carbons (Fsp3) is 0.324. The number of pyridine rings is 1. The number of amides is 1. The molecule has 0 spiro atoms. The Morgan fingerprint density at radius 3 is 2.44 bits per heavy atom. The van der Waals surface area contributed by atoms with Crippen molar-refractivity contribution in [3.05, 3.63) is 95.6 Å². The third-order valence-electron chi connectivity index (χ3n) is 7.95. The van der Waals surface area contributed by atoms with Gasteiger partial charge in [0.1, 0.15) is 6.10 Å². The van der Waals surface area contributed by atoms with E-state index in [1.54, 1.807) is 32.3 Å². The number of allylic oxidation sites excluding steroid dienone is 1. The second-order valence-corrected chi connectivity index (χ2v) is 13.9.